The number of Topliss-reactive ketones (excluding diaryl/α,β-unsaturated/α-hetero) is 2. The van der Waals surface area contributed by atoms with Crippen LogP contribution in [-0.2, 0) is 27.2 Å². The Kier molecular flexibility index (Phi) is 11.6. The van der Waals surface area contributed by atoms with Gasteiger partial charge in [0.05, 0.1) is 35.2 Å². The number of aryl methyl sites for hydroxylation is 2. The van der Waals surface area contributed by atoms with Gasteiger partial charge in [-0.25, -0.2) is 0 Å². The third-order valence-corrected chi connectivity index (χ3v) is 11.8. The summed E-state index contributed by atoms with van der Waals surface area (Å²) in [6.07, 6.45) is 0. The summed E-state index contributed by atoms with van der Waals surface area (Å²) < 4.78 is 9.11. The van der Waals surface area contributed by atoms with Crippen molar-refractivity contribution < 1.29 is 9.59 Å². The van der Waals surface area contributed by atoms with Gasteiger partial charge in [0.15, 0.2) is 11.6 Å². The van der Waals surface area contributed by atoms with Crippen LogP contribution in [0.1, 0.15) is 20.7 Å². The summed E-state index contributed by atoms with van der Waals surface area (Å²) in [7, 11) is 3.75. The molecule has 2 aromatic heterocycles. The van der Waals surface area contributed by atoms with E-state index in [1.54, 1.807) is 33.4 Å². The number of halogens is 2. The van der Waals surface area contributed by atoms with E-state index in [2.05, 4.69) is 92.5 Å². The monoisotopic (exact) mass is 914 g/mol. The van der Waals surface area contributed by atoms with E-state index in [1.807, 2.05) is 108 Å². The van der Waals surface area contributed by atoms with Crippen molar-refractivity contribution in [3.8, 4) is 33.4 Å². The minimum atomic E-state index is -0.0221. The van der Waals surface area contributed by atoms with Gasteiger partial charge in [-0.05, 0) is 58.7 Å². The fourth-order valence-electron chi connectivity index (χ4n) is 7.62. The van der Waals surface area contributed by atoms with Crippen molar-refractivity contribution in [2.75, 3.05) is 0 Å². The summed E-state index contributed by atoms with van der Waals surface area (Å²) in [5, 5.41) is 17.2. The van der Waals surface area contributed by atoms with E-state index in [1.165, 1.54) is 5.56 Å². The highest BCUT2D eigenvalue weighted by Crippen LogP contribution is 2.31. The van der Waals surface area contributed by atoms with Crippen LogP contribution in [0.3, 0.4) is 0 Å². The van der Waals surface area contributed by atoms with E-state index >= 15 is 0 Å². The molecule has 0 saturated heterocycles. The second kappa shape index (κ2) is 17.3. The van der Waals surface area contributed by atoms with Crippen LogP contribution >= 0.6 is 31.9 Å². The number of nitrogens with zero attached hydrogens (tertiary/aromatic N) is 4. The fourth-order valence-corrected chi connectivity index (χ4v) is 8.15. The first-order valence-electron chi connectivity index (χ1n) is 19.3. The number of aromatic nitrogens is 4. The Hall–Kier alpha value is -6.62. The lowest BCUT2D eigenvalue weighted by Crippen LogP contribution is -2.25. The molecule has 0 saturated carbocycles. The number of carbonyl (C=O) groups is 2. The first-order chi connectivity index (χ1) is 29.1. The lowest BCUT2D eigenvalue weighted by atomic mass is 9.99. The van der Waals surface area contributed by atoms with Gasteiger partial charge in [-0.3, -0.25) is 20.4 Å². The number of carbonyl (C=O) groups excluding carboxylic acids is 2. The number of imidazole rings is 2. The van der Waals surface area contributed by atoms with Crippen LogP contribution in [0.4, 0.5) is 0 Å². The normalized spacial score (nSPS) is 11.1. The highest BCUT2D eigenvalue weighted by Gasteiger charge is 2.18. The molecule has 0 bridgehead atoms. The van der Waals surface area contributed by atoms with Crippen molar-refractivity contribution in [2.45, 2.75) is 13.1 Å². The SMILES string of the molecule is Cn1c(=N)n(CC(=O)c2ccc(Br)cc2)c2cccc(-c3ccc(-c4ccccc4)cc3)c21.Cn1c(=N)n(CC(=O)c2ccc(Br)cc2)c2cccc(-c3ccccc3)c21. The summed E-state index contributed by atoms with van der Waals surface area (Å²) >= 11 is 6.80. The van der Waals surface area contributed by atoms with Gasteiger partial charge in [-0.15, -0.1) is 0 Å². The summed E-state index contributed by atoms with van der Waals surface area (Å²) in [6.45, 7) is 0.254. The molecule has 0 unspecified atom stereocenters. The van der Waals surface area contributed by atoms with Crippen molar-refractivity contribution in [1.29, 1.82) is 10.8 Å². The molecule has 0 aliphatic carbocycles. The maximum atomic E-state index is 12.9. The second-order valence-electron chi connectivity index (χ2n) is 14.5. The molecule has 0 spiro atoms. The molecule has 9 rings (SSSR count). The van der Waals surface area contributed by atoms with Crippen LogP contribution in [0.2, 0.25) is 0 Å². The molecule has 0 radical (unpaired) electrons. The molecular formula is C50H40Br2N6O2. The van der Waals surface area contributed by atoms with Gasteiger partial charge in [-0.2, -0.15) is 0 Å². The fraction of sp³-hybridized carbons (Fsp3) is 0.0800. The molecule has 2 heterocycles. The largest absolute Gasteiger partial charge is 0.313 e. The maximum absolute atomic E-state index is 12.9. The lowest BCUT2D eigenvalue weighted by Gasteiger charge is -2.08. The van der Waals surface area contributed by atoms with Crippen LogP contribution in [0.15, 0.2) is 179 Å². The third-order valence-electron chi connectivity index (χ3n) is 10.8. The standard InChI is InChI=1S/C28H22BrN3O.C22H18BrN3O/c1-31-27-24(21-12-10-20(11-13-21)19-6-3-2-4-7-19)8-5-9-25(27)32(28(31)30)18-26(33)22-14-16-23(29)17-15-22;1-25-21-18(15-6-3-2-4-7-15)8-5-9-19(21)26(22(25)24)14-20(27)16-10-12-17(23)13-11-16/h2-17,30H,18H2,1H3;2-13,24H,14H2,1H3. The highest BCUT2D eigenvalue weighted by molar-refractivity contribution is 9.10. The minimum absolute atomic E-state index is 0.0152. The Labute approximate surface area is 363 Å². The van der Waals surface area contributed by atoms with Gasteiger partial charge < -0.3 is 18.3 Å². The summed E-state index contributed by atoms with van der Waals surface area (Å²) in [6, 6.07) is 55.6. The molecule has 7 aromatic carbocycles. The number of ketones is 2. The van der Waals surface area contributed by atoms with Gasteiger partial charge in [0.2, 0.25) is 11.2 Å². The number of fused-ring (bicyclic) bond motifs is 2. The first-order valence-corrected chi connectivity index (χ1v) is 20.9. The lowest BCUT2D eigenvalue weighted by molar-refractivity contribution is 0.0963. The smallest absolute Gasteiger partial charge is 0.203 e. The molecular weight excluding hydrogens is 876 g/mol. The number of hydrogen-bond donors (Lipinski definition) is 2. The average Bonchev–Trinajstić information content (AvgIpc) is 3.67. The molecule has 0 atom stereocenters. The van der Waals surface area contributed by atoms with Crippen LogP contribution in [-0.4, -0.2) is 29.8 Å². The zero-order valence-corrected chi connectivity index (χ0v) is 36.1. The van der Waals surface area contributed by atoms with Gasteiger partial charge >= 0.3 is 0 Å². The predicted molar refractivity (Wildman–Crippen MR) is 247 cm³/mol. The maximum Gasteiger partial charge on any atom is 0.203 e. The molecule has 0 aliphatic rings. The number of para-hydroxylation sites is 2. The zero-order chi connectivity index (χ0) is 41.9. The van der Waals surface area contributed by atoms with Gasteiger partial charge in [-0.1, -0.05) is 165 Å². The topological polar surface area (TPSA) is 102 Å². The molecule has 60 heavy (non-hydrogen) atoms. The van der Waals surface area contributed by atoms with E-state index in [0.29, 0.717) is 22.4 Å². The van der Waals surface area contributed by atoms with Crippen LogP contribution in [0.25, 0.3) is 55.4 Å². The molecule has 0 amide bonds. The Balaban J connectivity index is 0.000000170. The molecule has 0 fully saturated rings. The summed E-state index contributed by atoms with van der Waals surface area (Å²) in [5.41, 5.74) is 12.1. The minimum Gasteiger partial charge on any atom is -0.313 e. The summed E-state index contributed by atoms with van der Waals surface area (Å²) in [4.78, 5) is 25.7. The number of nitrogens with one attached hydrogen (secondary N) is 2. The van der Waals surface area contributed by atoms with Crippen LogP contribution in [0.5, 0.6) is 0 Å². The van der Waals surface area contributed by atoms with Gasteiger partial charge in [0.25, 0.3) is 0 Å². The predicted octanol–water partition coefficient (Wildman–Crippen LogP) is 11.2. The Morgan fingerprint density at radius 3 is 1.20 bits per heavy atom. The molecule has 9 aromatic rings. The Morgan fingerprint density at radius 2 is 0.783 bits per heavy atom. The molecule has 296 valence electrons. The van der Waals surface area contributed by atoms with Crippen molar-refractivity contribution in [2.24, 2.45) is 14.1 Å². The molecule has 2 N–H and O–H groups in total. The van der Waals surface area contributed by atoms with Crippen molar-refractivity contribution in [3.63, 3.8) is 0 Å². The number of rotatable bonds is 9. The van der Waals surface area contributed by atoms with Crippen molar-refractivity contribution in [3.05, 3.63) is 201 Å². The van der Waals surface area contributed by atoms with E-state index in [4.69, 9.17) is 10.8 Å². The van der Waals surface area contributed by atoms with E-state index in [-0.39, 0.29) is 24.7 Å². The first kappa shape index (κ1) is 40.2. The second-order valence-corrected chi connectivity index (χ2v) is 16.3. The highest BCUT2D eigenvalue weighted by atomic mass is 79.9. The number of hydrogen-bond acceptors (Lipinski definition) is 4. The van der Waals surface area contributed by atoms with E-state index in [9.17, 15) is 9.59 Å². The third kappa shape index (κ3) is 8.04. The average molecular weight is 917 g/mol. The Morgan fingerprint density at radius 1 is 0.433 bits per heavy atom. The van der Waals surface area contributed by atoms with Crippen molar-refractivity contribution >= 4 is 65.5 Å². The molecule has 0 aliphatic heterocycles. The molecule has 10 heteroatoms. The molecule has 8 nitrogen and oxygen atoms in total. The van der Waals surface area contributed by atoms with Crippen LogP contribution in [0, 0.1) is 10.8 Å². The summed E-state index contributed by atoms with van der Waals surface area (Å²) in [5.74, 6) is -0.0373. The number of benzene rings is 7. The van der Waals surface area contributed by atoms with Crippen LogP contribution < -0.4 is 11.2 Å². The van der Waals surface area contributed by atoms with E-state index in [0.717, 1.165) is 58.8 Å². The van der Waals surface area contributed by atoms with Gasteiger partial charge in [0, 0.05) is 45.3 Å². The quantitative estimate of drug-likeness (QED) is 0.141. The zero-order valence-electron chi connectivity index (χ0n) is 32.9. The van der Waals surface area contributed by atoms with Gasteiger partial charge in [0.1, 0.15) is 0 Å². The van der Waals surface area contributed by atoms with E-state index < -0.39 is 0 Å². The van der Waals surface area contributed by atoms with Crippen molar-refractivity contribution in [1.82, 2.24) is 18.3 Å². The Bertz CT molecular complexity index is 3130.